The summed E-state index contributed by atoms with van der Waals surface area (Å²) in [5.41, 5.74) is 0.909. The van der Waals surface area contributed by atoms with Crippen LogP contribution < -0.4 is 5.32 Å². The lowest BCUT2D eigenvalue weighted by Gasteiger charge is -2.38. The van der Waals surface area contributed by atoms with Crippen molar-refractivity contribution in [2.24, 2.45) is 11.8 Å². The SMILES string of the molecule is COC(=O)[C@H]1C(=O)C2=C(C[C@@H]1C)NC(C)=C(C(=O)OC1CCCC1)[C@@H]2c1ccc(C(F)(F)F)cc1. The van der Waals surface area contributed by atoms with Gasteiger partial charge in [0.2, 0.25) is 0 Å². The molecule has 6 nitrogen and oxygen atoms in total. The highest BCUT2D eigenvalue weighted by molar-refractivity contribution is 6.12. The van der Waals surface area contributed by atoms with E-state index in [9.17, 15) is 27.6 Å². The number of alkyl halides is 3. The molecule has 0 spiro atoms. The Labute approximate surface area is 201 Å². The topological polar surface area (TPSA) is 81.7 Å². The number of benzene rings is 1. The van der Waals surface area contributed by atoms with E-state index in [1.54, 1.807) is 13.8 Å². The molecule has 1 N–H and O–H groups in total. The summed E-state index contributed by atoms with van der Waals surface area (Å²) < 4.78 is 50.2. The smallest absolute Gasteiger partial charge is 0.416 e. The van der Waals surface area contributed by atoms with Gasteiger partial charge in [-0.2, -0.15) is 13.2 Å². The van der Waals surface area contributed by atoms with Gasteiger partial charge in [0.05, 0.1) is 18.2 Å². The van der Waals surface area contributed by atoms with Crippen molar-refractivity contribution in [3.63, 3.8) is 0 Å². The van der Waals surface area contributed by atoms with Crippen molar-refractivity contribution in [2.45, 2.75) is 64.1 Å². The average Bonchev–Trinajstić information content (AvgIpc) is 3.30. The number of allylic oxidation sites excluding steroid dienone is 3. The number of ether oxygens (including phenoxy) is 2. The monoisotopic (exact) mass is 491 g/mol. The number of hydrogen-bond donors (Lipinski definition) is 1. The van der Waals surface area contributed by atoms with Gasteiger partial charge in [0.1, 0.15) is 12.0 Å². The van der Waals surface area contributed by atoms with E-state index in [1.807, 2.05) is 0 Å². The molecule has 2 aliphatic carbocycles. The summed E-state index contributed by atoms with van der Waals surface area (Å²) in [5.74, 6) is -4.17. The molecule has 1 aliphatic heterocycles. The van der Waals surface area contributed by atoms with Gasteiger partial charge in [0, 0.05) is 22.9 Å². The quantitative estimate of drug-likeness (QED) is 0.481. The van der Waals surface area contributed by atoms with Crippen LogP contribution in [0.4, 0.5) is 13.2 Å². The predicted octanol–water partition coefficient (Wildman–Crippen LogP) is 4.80. The summed E-state index contributed by atoms with van der Waals surface area (Å²) in [6.07, 6.45) is -1.04. The number of carbonyl (C=O) groups excluding carboxylic acids is 3. The third kappa shape index (κ3) is 4.73. The first-order valence-electron chi connectivity index (χ1n) is 11.7. The molecule has 1 heterocycles. The zero-order valence-corrected chi connectivity index (χ0v) is 19.8. The summed E-state index contributed by atoms with van der Waals surface area (Å²) in [6.45, 7) is 3.45. The molecule has 1 aromatic rings. The van der Waals surface area contributed by atoms with Crippen LogP contribution in [0.3, 0.4) is 0 Å². The zero-order chi connectivity index (χ0) is 25.5. The molecule has 35 heavy (non-hydrogen) atoms. The van der Waals surface area contributed by atoms with Crippen LogP contribution in [0.5, 0.6) is 0 Å². The first kappa shape index (κ1) is 25.0. The number of rotatable bonds is 4. The third-order valence-electron chi connectivity index (χ3n) is 7.11. The predicted molar refractivity (Wildman–Crippen MR) is 120 cm³/mol. The van der Waals surface area contributed by atoms with E-state index in [1.165, 1.54) is 19.2 Å². The standard InChI is InChI=1S/C26H28F3NO5/c1-13-12-18-22(23(31)19(13)24(32)34-3)21(15-8-10-16(11-9-15)26(27,28)29)20(14(2)30-18)25(33)35-17-6-4-5-7-17/h8-11,13,17,19,21,30H,4-7,12H2,1-3H3/t13-,19+,21-/m0/s1. The van der Waals surface area contributed by atoms with Crippen molar-refractivity contribution in [3.8, 4) is 0 Å². The molecule has 0 bridgehead atoms. The maximum absolute atomic E-state index is 13.6. The minimum Gasteiger partial charge on any atom is -0.468 e. The van der Waals surface area contributed by atoms with Crippen molar-refractivity contribution < 1.29 is 37.0 Å². The Morgan fingerprint density at radius 2 is 1.71 bits per heavy atom. The van der Waals surface area contributed by atoms with Gasteiger partial charge < -0.3 is 14.8 Å². The molecule has 0 aromatic heterocycles. The van der Waals surface area contributed by atoms with Crippen molar-refractivity contribution in [2.75, 3.05) is 7.11 Å². The van der Waals surface area contributed by atoms with Crippen LogP contribution in [0.25, 0.3) is 0 Å². The van der Waals surface area contributed by atoms with Crippen LogP contribution in [0.15, 0.2) is 46.8 Å². The first-order chi connectivity index (χ1) is 16.5. The Morgan fingerprint density at radius 3 is 2.29 bits per heavy atom. The van der Waals surface area contributed by atoms with Crippen molar-refractivity contribution >= 4 is 17.7 Å². The number of carbonyl (C=O) groups is 3. The summed E-state index contributed by atoms with van der Waals surface area (Å²) in [6, 6.07) is 4.41. The molecular formula is C26H28F3NO5. The van der Waals surface area contributed by atoms with E-state index < -0.39 is 41.3 Å². The summed E-state index contributed by atoms with van der Waals surface area (Å²) in [5, 5.41) is 3.15. The van der Waals surface area contributed by atoms with Crippen LogP contribution in [-0.4, -0.2) is 30.9 Å². The molecule has 1 saturated carbocycles. The summed E-state index contributed by atoms with van der Waals surface area (Å²) >= 11 is 0. The number of Topliss-reactive ketones (excluding diaryl/α,β-unsaturated/α-hetero) is 1. The van der Waals surface area contributed by atoms with Crippen molar-refractivity contribution in [1.82, 2.24) is 5.32 Å². The second-order valence-electron chi connectivity index (χ2n) is 9.47. The van der Waals surface area contributed by atoms with Gasteiger partial charge in [-0.3, -0.25) is 9.59 Å². The molecule has 0 amide bonds. The molecule has 3 aliphatic rings. The van der Waals surface area contributed by atoms with Crippen LogP contribution in [-0.2, 0) is 30.0 Å². The number of ketones is 1. The van der Waals surface area contributed by atoms with E-state index in [2.05, 4.69) is 5.32 Å². The highest BCUT2D eigenvalue weighted by atomic mass is 19.4. The van der Waals surface area contributed by atoms with Gasteiger partial charge in [-0.25, -0.2) is 4.79 Å². The molecule has 188 valence electrons. The number of methoxy groups -OCH3 is 1. The maximum atomic E-state index is 13.6. The zero-order valence-electron chi connectivity index (χ0n) is 19.8. The fourth-order valence-electron chi connectivity index (χ4n) is 5.37. The lowest BCUT2D eigenvalue weighted by atomic mass is 9.69. The lowest BCUT2D eigenvalue weighted by Crippen LogP contribution is -2.43. The minimum atomic E-state index is -4.53. The van der Waals surface area contributed by atoms with Crippen LogP contribution in [0.2, 0.25) is 0 Å². The number of nitrogens with one attached hydrogen (secondary N) is 1. The third-order valence-corrected chi connectivity index (χ3v) is 7.11. The lowest BCUT2D eigenvalue weighted by molar-refractivity contribution is -0.151. The highest BCUT2D eigenvalue weighted by Gasteiger charge is 2.47. The molecule has 0 radical (unpaired) electrons. The molecule has 0 unspecified atom stereocenters. The molecule has 4 rings (SSSR count). The summed E-state index contributed by atoms with van der Waals surface area (Å²) in [7, 11) is 1.20. The number of halogens is 3. The second-order valence-corrected chi connectivity index (χ2v) is 9.47. The van der Waals surface area contributed by atoms with E-state index in [4.69, 9.17) is 9.47 Å². The Bertz CT molecular complexity index is 1100. The average molecular weight is 492 g/mol. The van der Waals surface area contributed by atoms with Gasteiger partial charge >= 0.3 is 18.1 Å². The molecule has 0 saturated heterocycles. The Balaban J connectivity index is 1.81. The largest absolute Gasteiger partial charge is 0.468 e. The Kier molecular flexibility index (Phi) is 6.79. The van der Waals surface area contributed by atoms with E-state index in [-0.39, 0.29) is 23.2 Å². The Morgan fingerprint density at radius 1 is 1.09 bits per heavy atom. The summed E-state index contributed by atoms with van der Waals surface area (Å²) in [4.78, 5) is 39.5. The number of hydrogen-bond acceptors (Lipinski definition) is 6. The molecule has 1 aromatic carbocycles. The molecular weight excluding hydrogens is 463 g/mol. The second kappa shape index (κ2) is 9.51. The van der Waals surface area contributed by atoms with Crippen molar-refractivity contribution in [1.29, 1.82) is 0 Å². The molecule has 1 fully saturated rings. The van der Waals surface area contributed by atoms with Crippen molar-refractivity contribution in [3.05, 3.63) is 57.9 Å². The number of dihydropyridines is 1. The van der Waals surface area contributed by atoms with Gasteiger partial charge in [-0.1, -0.05) is 19.1 Å². The van der Waals surface area contributed by atoms with Gasteiger partial charge in [0.15, 0.2) is 5.78 Å². The van der Waals surface area contributed by atoms with Crippen LogP contribution in [0, 0.1) is 11.8 Å². The maximum Gasteiger partial charge on any atom is 0.416 e. The normalized spacial score (nSPS) is 25.3. The fraction of sp³-hybridized carbons (Fsp3) is 0.500. The molecule has 3 atom stereocenters. The van der Waals surface area contributed by atoms with Gasteiger partial charge in [0.25, 0.3) is 0 Å². The highest BCUT2D eigenvalue weighted by Crippen LogP contribution is 2.46. The van der Waals surface area contributed by atoms with Gasteiger partial charge in [-0.05, 0) is 62.6 Å². The molecule has 9 heteroatoms. The van der Waals surface area contributed by atoms with E-state index >= 15 is 0 Å². The van der Waals surface area contributed by atoms with Gasteiger partial charge in [-0.15, -0.1) is 0 Å². The first-order valence-corrected chi connectivity index (χ1v) is 11.7. The minimum absolute atomic E-state index is 0.168. The fourth-order valence-corrected chi connectivity index (χ4v) is 5.37. The van der Waals surface area contributed by atoms with E-state index in [0.29, 0.717) is 23.4 Å². The van der Waals surface area contributed by atoms with Crippen LogP contribution in [0.1, 0.15) is 63.0 Å². The number of esters is 2. The van der Waals surface area contributed by atoms with Crippen LogP contribution >= 0.6 is 0 Å². The van der Waals surface area contributed by atoms with E-state index in [0.717, 1.165) is 37.8 Å². The Hall–Kier alpha value is -3.10.